The van der Waals surface area contributed by atoms with Gasteiger partial charge in [-0.3, -0.25) is 4.79 Å². The van der Waals surface area contributed by atoms with Crippen molar-refractivity contribution in [3.8, 4) is 5.75 Å². The van der Waals surface area contributed by atoms with Gasteiger partial charge in [0.2, 0.25) is 0 Å². The molecule has 0 radical (unpaired) electrons. The first-order valence-electron chi connectivity index (χ1n) is 9.84. The van der Waals surface area contributed by atoms with Crippen LogP contribution < -0.4 is 10.1 Å². The van der Waals surface area contributed by atoms with E-state index in [1.807, 2.05) is 24.3 Å². The van der Waals surface area contributed by atoms with E-state index < -0.39 is 0 Å². The molecule has 1 heterocycles. The number of rotatable bonds is 5. The first-order valence-corrected chi connectivity index (χ1v) is 9.84. The first kappa shape index (κ1) is 17.3. The summed E-state index contributed by atoms with van der Waals surface area (Å²) in [6.45, 7) is 6.72. The van der Waals surface area contributed by atoms with Gasteiger partial charge in [-0.25, -0.2) is 0 Å². The largest absolute Gasteiger partial charge is 0.490 e. The molecule has 1 aliphatic carbocycles. The molecule has 4 heteroatoms. The van der Waals surface area contributed by atoms with Crippen LogP contribution in [0.1, 0.15) is 49.9 Å². The number of benzene rings is 2. The molecule has 2 aromatic rings. The zero-order valence-corrected chi connectivity index (χ0v) is 15.7. The summed E-state index contributed by atoms with van der Waals surface area (Å²) in [6.07, 6.45) is 4.67. The minimum atomic E-state index is 0.0339. The molecule has 26 heavy (non-hydrogen) atoms. The Balaban J connectivity index is 1.42. The monoisotopic (exact) mass is 352 g/mol. The van der Waals surface area contributed by atoms with E-state index in [1.54, 1.807) is 0 Å². The van der Waals surface area contributed by atoms with E-state index in [-0.39, 0.29) is 5.91 Å². The summed E-state index contributed by atoms with van der Waals surface area (Å²) in [5, 5.41) is 5.24. The number of likely N-dealkylation sites (tertiary alicyclic amines) is 1. The third-order valence-electron chi connectivity index (χ3n) is 5.50. The maximum atomic E-state index is 12.2. The Morgan fingerprint density at radius 3 is 2.42 bits per heavy atom. The van der Waals surface area contributed by atoms with Crippen molar-refractivity contribution in [2.24, 2.45) is 0 Å². The zero-order chi connectivity index (χ0) is 18.1. The van der Waals surface area contributed by atoms with E-state index in [2.05, 4.69) is 36.2 Å². The van der Waals surface area contributed by atoms with Crippen LogP contribution in [0.3, 0.4) is 0 Å². The van der Waals surface area contributed by atoms with Crippen molar-refractivity contribution in [1.82, 2.24) is 10.2 Å². The lowest BCUT2D eigenvalue weighted by Gasteiger charge is -2.34. The van der Waals surface area contributed by atoms with Gasteiger partial charge in [-0.05, 0) is 74.6 Å². The predicted octanol–water partition coefficient (Wildman–Crippen LogP) is 3.98. The van der Waals surface area contributed by atoms with Gasteiger partial charge >= 0.3 is 0 Å². The maximum Gasteiger partial charge on any atom is 0.251 e. The number of carbonyl (C=O) groups is 1. The van der Waals surface area contributed by atoms with Crippen LogP contribution in [-0.4, -0.2) is 42.1 Å². The molecular weight excluding hydrogens is 324 g/mol. The SMILES string of the molecule is CC(C)N1CCC(Oc2ccc3cc(C(=O)NC4CC4)ccc3c2)CC1. The fourth-order valence-corrected chi connectivity index (χ4v) is 3.64. The van der Waals surface area contributed by atoms with Crippen LogP contribution in [0.25, 0.3) is 10.8 Å². The van der Waals surface area contributed by atoms with Gasteiger partial charge in [0.15, 0.2) is 0 Å². The van der Waals surface area contributed by atoms with Gasteiger partial charge < -0.3 is 15.0 Å². The molecule has 0 spiro atoms. The topological polar surface area (TPSA) is 41.6 Å². The molecule has 4 rings (SSSR count). The lowest BCUT2D eigenvalue weighted by atomic mass is 10.0. The van der Waals surface area contributed by atoms with Gasteiger partial charge in [-0.15, -0.1) is 0 Å². The highest BCUT2D eigenvalue weighted by atomic mass is 16.5. The van der Waals surface area contributed by atoms with Crippen LogP contribution >= 0.6 is 0 Å². The van der Waals surface area contributed by atoms with Crippen molar-refractivity contribution in [3.63, 3.8) is 0 Å². The summed E-state index contributed by atoms with van der Waals surface area (Å²) < 4.78 is 6.22. The Bertz CT molecular complexity index is 790. The number of fused-ring (bicyclic) bond motifs is 1. The van der Waals surface area contributed by atoms with Crippen molar-refractivity contribution in [3.05, 3.63) is 42.0 Å². The minimum absolute atomic E-state index is 0.0339. The Hall–Kier alpha value is -2.07. The average molecular weight is 352 g/mol. The lowest BCUT2D eigenvalue weighted by Crippen LogP contribution is -2.41. The van der Waals surface area contributed by atoms with Crippen molar-refractivity contribution < 1.29 is 9.53 Å². The molecule has 1 saturated carbocycles. The fraction of sp³-hybridized carbons (Fsp3) is 0.500. The smallest absolute Gasteiger partial charge is 0.251 e. The summed E-state index contributed by atoms with van der Waals surface area (Å²) in [6, 6.07) is 13.1. The van der Waals surface area contributed by atoms with Crippen molar-refractivity contribution in [1.29, 1.82) is 0 Å². The van der Waals surface area contributed by atoms with E-state index in [4.69, 9.17) is 4.74 Å². The molecule has 138 valence electrons. The summed E-state index contributed by atoms with van der Waals surface area (Å²) >= 11 is 0. The fourth-order valence-electron chi connectivity index (χ4n) is 3.64. The molecule has 4 nitrogen and oxygen atoms in total. The number of amides is 1. The molecule has 0 aromatic heterocycles. The first-order chi connectivity index (χ1) is 12.6. The number of hydrogen-bond donors (Lipinski definition) is 1. The molecule has 1 N–H and O–H groups in total. The zero-order valence-electron chi connectivity index (χ0n) is 15.7. The third kappa shape index (κ3) is 4.01. The number of ether oxygens (including phenoxy) is 1. The van der Waals surface area contributed by atoms with Gasteiger partial charge in [0, 0.05) is 30.7 Å². The van der Waals surface area contributed by atoms with Crippen LogP contribution in [0.4, 0.5) is 0 Å². The van der Waals surface area contributed by atoms with E-state index in [0.717, 1.165) is 60.9 Å². The average Bonchev–Trinajstić information content (AvgIpc) is 3.45. The molecule has 0 atom stereocenters. The van der Waals surface area contributed by atoms with Crippen LogP contribution in [-0.2, 0) is 0 Å². The molecule has 0 bridgehead atoms. The number of hydrogen-bond acceptors (Lipinski definition) is 3. The van der Waals surface area contributed by atoms with Crippen molar-refractivity contribution in [2.75, 3.05) is 13.1 Å². The Labute approximate surface area is 155 Å². The molecular formula is C22H28N2O2. The lowest BCUT2D eigenvalue weighted by molar-refractivity contribution is 0.0844. The highest BCUT2D eigenvalue weighted by Gasteiger charge is 2.24. The van der Waals surface area contributed by atoms with Gasteiger partial charge in [-0.2, -0.15) is 0 Å². The highest BCUT2D eigenvalue weighted by Crippen LogP contribution is 2.26. The molecule has 2 aromatic carbocycles. The second-order valence-corrected chi connectivity index (χ2v) is 7.92. The van der Waals surface area contributed by atoms with Crippen LogP contribution in [0.15, 0.2) is 36.4 Å². The minimum Gasteiger partial charge on any atom is -0.490 e. The molecule has 1 amide bonds. The van der Waals surface area contributed by atoms with E-state index >= 15 is 0 Å². The predicted molar refractivity (Wildman–Crippen MR) is 105 cm³/mol. The van der Waals surface area contributed by atoms with E-state index in [9.17, 15) is 4.79 Å². The third-order valence-corrected chi connectivity index (χ3v) is 5.50. The number of carbonyl (C=O) groups excluding carboxylic acids is 1. The standard InChI is InChI=1S/C22H28N2O2/c1-15(2)24-11-9-20(10-12-24)26-21-8-5-16-13-18(4-3-17(16)14-21)22(25)23-19-6-7-19/h3-5,8,13-15,19-20H,6-7,9-12H2,1-2H3,(H,23,25). The summed E-state index contributed by atoms with van der Waals surface area (Å²) in [5.74, 6) is 0.960. The molecule has 2 fully saturated rings. The van der Waals surface area contributed by atoms with E-state index in [1.165, 1.54) is 0 Å². The second-order valence-electron chi connectivity index (χ2n) is 7.92. The second kappa shape index (κ2) is 7.28. The Morgan fingerprint density at radius 2 is 1.73 bits per heavy atom. The molecule has 0 unspecified atom stereocenters. The molecule has 1 aliphatic heterocycles. The summed E-state index contributed by atoms with van der Waals surface area (Å²) in [7, 11) is 0. The van der Waals surface area contributed by atoms with Crippen LogP contribution in [0.2, 0.25) is 0 Å². The normalized spacial score (nSPS) is 19.0. The van der Waals surface area contributed by atoms with Gasteiger partial charge in [0.25, 0.3) is 5.91 Å². The van der Waals surface area contributed by atoms with Gasteiger partial charge in [0.1, 0.15) is 11.9 Å². The maximum absolute atomic E-state index is 12.2. The highest BCUT2D eigenvalue weighted by molar-refractivity contribution is 5.99. The van der Waals surface area contributed by atoms with Crippen molar-refractivity contribution in [2.45, 2.75) is 57.7 Å². The van der Waals surface area contributed by atoms with Crippen molar-refractivity contribution >= 4 is 16.7 Å². The van der Waals surface area contributed by atoms with Gasteiger partial charge in [0.05, 0.1) is 0 Å². The summed E-state index contributed by atoms with van der Waals surface area (Å²) in [5.41, 5.74) is 0.735. The molecule has 1 saturated heterocycles. The Morgan fingerprint density at radius 1 is 1.04 bits per heavy atom. The number of piperidine rings is 1. The number of nitrogens with zero attached hydrogens (tertiary/aromatic N) is 1. The molecule has 2 aliphatic rings. The van der Waals surface area contributed by atoms with Gasteiger partial charge in [-0.1, -0.05) is 12.1 Å². The number of nitrogens with one attached hydrogen (secondary N) is 1. The Kier molecular flexibility index (Phi) is 4.86. The summed E-state index contributed by atoms with van der Waals surface area (Å²) in [4.78, 5) is 14.7. The van der Waals surface area contributed by atoms with E-state index in [0.29, 0.717) is 18.2 Å². The van der Waals surface area contributed by atoms with Crippen LogP contribution in [0.5, 0.6) is 5.75 Å². The van der Waals surface area contributed by atoms with Crippen LogP contribution in [0, 0.1) is 0 Å². The quantitative estimate of drug-likeness (QED) is 0.885.